The van der Waals surface area contributed by atoms with Crippen molar-refractivity contribution in [1.82, 2.24) is 4.98 Å². The summed E-state index contributed by atoms with van der Waals surface area (Å²) in [6.07, 6.45) is 3.19. The predicted molar refractivity (Wildman–Crippen MR) is 72.6 cm³/mol. The molecule has 0 spiro atoms. The van der Waals surface area contributed by atoms with Crippen molar-refractivity contribution in [2.24, 2.45) is 0 Å². The van der Waals surface area contributed by atoms with E-state index in [-0.39, 0.29) is 12.2 Å². The van der Waals surface area contributed by atoms with Crippen molar-refractivity contribution >= 4 is 22.3 Å². The summed E-state index contributed by atoms with van der Waals surface area (Å²) in [6, 6.07) is 5.52. The Morgan fingerprint density at radius 3 is 2.79 bits per heavy atom. The lowest BCUT2D eigenvalue weighted by atomic mass is 10.0. The van der Waals surface area contributed by atoms with Crippen LogP contribution in [0.1, 0.15) is 22.2 Å². The number of ether oxygens (including phenoxy) is 1. The Morgan fingerprint density at radius 2 is 2.21 bits per heavy atom. The van der Waals surface area contributed by atoms with Crippen LogP contribution in [0, 0.1) is 11.3 Å². The monoisotopic (exact) mass is 273 g/mol. The summed E-state index contributed by atoms with van der Waals surface area (Å²) in [5.74, 6) is -0.510. The first-order valence-corrected chi connectivity index (χ1v) is 6.40. The number of nitriles is 1. The predicted octanol–water partition coefficient (Wildman–Crippen LogP) is 2.44. The Balaban J connectivity index is 2.64. The molecule has 5 nitrogen and oxygen atoms in total. The number of rotatable bonds is 3. The first-order chi connectivity index (χ1) is 9.19. The van der Waals surface area contributed by atoms with E-state index >= 15 is 0 Å². The Kier molecular flexibility index (Phi) is 3.78. The van der Waals surface area contributed by atoms with Gasteiger partial charge in [0.2, 0.25) is 0 Å². The van der Waals surface area contributed by atoms with Crippen LogP contribution in [-0.2, 0) is 4.74 Å². The summed E-state index contributed by atoms with van der Waals surface area (Å²) in [5.41, 5.74) is 7.34. The fourth-order valence-electron chi connectivity index (χ4n) is 1.73. The van der Waals surface area contributed by atoms with Crippen molar-refractivity contribution in [2.75, 3.05) is 12.3 Å². The summed E-state index contributed by atoms with van der Waals surface area (Å²) < 4.78 is 4.99. The van der Waals surface area contributed by atoms with E-state index in [0.29, 0.717) is 15.4 Å². The third-order valence-corrected chi connectivity index (χ3v) is 3.41. The highest BCUT2D eigenvalue weighted by molar-refractivity contribution is 7.17. The summed E-state index contributed by atoms with van der Waals surface area (Å²) >= 11 is 1.09. The molecule has 6 heteroatoms. The van der Waals surface area contributed by atoms with Gasteiger partial charge in [-0.05, 0) is 24.6 Å². The van der Waals surface area contributed by atoms with Gasteiger partial charge in [0.25, 0.3) is 0 Å². The number of anilines is 1. The zero-order valence-corrected chi connectivity index (χ0v) is 11.0. The fourth-order valence-corrected chi connectivity index (χ4v) is 2.60. The molecule has 0 atom stereocenters. The minimum atomic E-state index is -0.510. The minimum Gasteiger partial charge on any atom is -0.462 e. The number of nitrogens with two attached hydrogens (primary N) is 1. The second kappa shape index (κ2) is 5.50. The maximum absolute atomic E-state index is 12.0. The zero-order valence-electron chi connectivity index (χ0n) is 10.2. The third-order valence-electron chi connectivity index (χ3n) is 2.49. The average Bonchev–Trinajstić information content (AvgIpc) is 2.77. The highest BCUT2D eigenvalue weighted by Crippen LogP contribution is 2.38. The number of pyridine rings is 1. The van der Waals surface area contributed by atoms with Gasteiger partial charge in [-0.15, -0.1) is 11.3 Å². The number of aromatic nitrogens is 1. The molecule has 0 bridgehead atoms. The molecular weight excluding hydrogens is 262 g/mol. The highest BCUT2D eigenvalue weighted by atomic mass is 32.1. The second-order valence-corrected chi connectivity index (χ2v) is 4.67. The van der Waals surface area contributed by atoms with Crippen LogP contribution in [0.4, 0.5) is 5.00 Å². The number of hydrogen-bond donors (Lipinski definition) is 1. The molecule has 0 amide bonds. The summed E-state index contributed by atoms with van der Waals surface area (Å²) in [6.45, 7) is 1.98. The largest absolute Gasteiger partial charge is 0.462 e. The van der Waals surface area contributed by atoms with E-state index < -0.39 is 5.97 Å². The van der Waals surface area contributed by atoms with Crippen LogP contribution in [0.5, 0.6) is 0 Å². The van der Waals surface area contributed by atoms with Crippen LogP contribution in [-0.4, -0.2) is 17.6 Å². The van der Waals surface area contributed by atoms with E-state index in [2.05, 4.69) is 11.1 Å². The topological polar surface area (TPSA) is 89.0 Å². The number of nitrogens with zero attached hydrogens (tertiary/aromatic N) is 2. The SMILES string of the molecule is CCOC(=O)c1c(N)sc(C#N)c1-c1ccncc1. The summed E-state index contributed by atoms with van der Waals surface area (Å²) in [7, 11) is 0. The number of esters is 1. The molecule has 2 rings (SSSR count). The van der Waals surface area contributed by atoms with Gasteiger partial charge in [0.15, 0.2) is 0 Å². The molecule has 0 aliphatic heterocycles. The standard InChI is InChI=1S/C13H11N3O2S/c1-2-18-13(17)11-10(8-3-5-16-6-4-8)9(7-14)19-12(11)15/h3-6H,2,15H2,1H3. The first kappa shape index (κ1) is 13.1. The molecule has 0 saturated carbocycles. The van der Waals surface area contributed by atoms with Crippen molar-refractivity contribution in [3.05, 3.63) is 35.0 Å². The minimum absolute atomic E-state index is 0.256. The number of carbonyl (C=O) groups excluding carboxylic acids is 1. The van der Waals surface area contributed by atoms with Crippen molar-refractivity contribution in [2.45, 2.75) is 6.92 Å². The number of thiophene rings is 1. The van der Waals surface area contributed by atoms with Crippen LogP contribution in [0.25, 0.3) is 11.1 Å². The maximum atomic E-state index is 12.0. The number of hydrogen-bond acceptors (Lipinski definition) is 6. The highest BCUT2D eigenvalue weighted by Gasteiger charge is 2.24. The van der Waals surface area contributed by atoms with Crippen LogP contribution < -0.4 is 5.73 Å². The van der Waals surface area contributed by atoms with Crippen LogP contribution in [0.2, 0.25) is 0 Å². The van der Waals surface area contributed by atoms with Gasteiger partial charge in [-0.3, -0.25) is 4.98 Å². The van der Waals surface area contributed by atoms with Crippen molar-refractivity contribution < 1.29 is 9.53 Å². The van der Waals surface area contributed by atoms with E-state index in [4.69, 9.17) is 15.7 Å². The Morgan fingerprint density at radius 1 is 1.53 bits per heavy atom. The number of nitrogen functional groups attached to an aromatic ring is 1. The maximum Gasteiger partial charge on any atom is 0.341 e. The second-order valence-electron chi connectivity index (χ2n) is 3.61. The van der Waals surface area contributed by atoms with Crippen LogP contribution in [0.3, 0.4) is 0 Å². The fraction of sp³-hybridized carbons (Fsp3) is 0.154. The van der Waals surface area contributed by atoms with Gasteiger partial charge >= 0.3 is 5.97 Å². The molecule has 2 aromatic rings. The quantitative estimate of drug-likeness (QED) is 0.867. The van der Waals surface area contributed by atoms with Gasteiger partial charge in [-0.2, -0.15) is 5.26 Å². The molecule has 0 unspecified atom stereocenters. The van der Waals surface area contributed by atoms with E-state index in [9.17, 15) is 4.79 Å². The molecule has 2 N–H and O–H groups in total. The third kappa shape index (κ3) is 2.41. The molecule has 2 aromatic heterocycles. The van der Waals surface area contributed by atoms with Crippen LogP contribution in [0.15, 0.2) is 24.5 Å². The lowest BCUT2D eigenvalue weighted by Crippen LogP contribution is -2.07. The molecule has 96 valence electrons. The van der Waals surface area contributed by atoms with E-state index in [1.807, 2.05) is 0 Å². The summed E-state index contributed by atoms with van der Waals surface area (Å²) in [4.78, 5) is 16.3. The molecule has 0 aromatic carbocycles. The average molecular weight is 273 g/mol. The van der Waals surface area contributed by atoms with Gasteiger partial charge in [0, 0.05) is 18.0 Å². The Bertz CT molecular complexity index is 644. The first-order valence-electron chi connectivity index (χ1n) is 5.58. The zero-order chi connectivity index (χ0) is 13.8. The molecule has 19 heavy (non-hydrogen) atoms. The van der Waals surface area contributed by atoms with E-state index in [1.165, 1.54) is 0 Å². The van der Waals surface area contributed by atoms with Gasteiger partial charge < -0.3 is 10.5 Å². The Labute approximate surface area is 114 Å². The Hall–Kier alpha value is -2.39. The van der Waals surface area contributed by atoms with Gasteiger partial charge in [-0.25, -0.2) is 4.79 Å². The lowest BCUT2D eigenvalue weighted by Gasteiger charge is -2.05. The molecule has 0 saturated heterocycles. The van der Waals surface area contributed by atoms with Crippen molar-refractivity contribution in [3.63, 3.8) is 0 Å². The molecule has 0 fully saturated rings. The van der Waals surface area contributed by atoms with E-state index in [1.54, 1.807) is 31.5 Å². The molecule has 0 radical (unpaired) electrons. The van der Waals surface area contributed by atoms with Crippen LogP contribution >= 0.6 is 11.3 Å². The molecule has 0 aliphatic rings. The van der Waals surface area contributed by atoms with Crippen molar-refractivity contribution in [3.8, 4) is 17.2 Å². The molecule has 2 heterocycles. The molecule has 0 aliphatic carbocycles. The lowest BCUT2D eigenvalue weighted by molar-refractivity contribution is 0.0529. The van der Waals surface area contributed by atoms with E-state index in [0.717, 1.165) is 16.9 Å². The van der Waals surface area contributed by atoms with Gasteiger partial charge in [0.1, 0.15) is 21.5 Å². The van der Waals surface area contributed by atoms with Gasteiger partial charge in [0.05, 0.1) is 6.61 Å². The summed E-state index contributed by atoms with van der Waals surface area (Å²) in [5, 5.41) is 9.46. The molecular formula is C13H11N3O2S. The van der Waals surface area contributed by atoms with Gasteiger partial charge in [-0.1, -0.05) is 0 Å². The van der Waals surface area contributed by atoms with Crippen molar-refractivity contribution in [1.29, 1.82) is 5.26 Å². The number of carbonyl (C=O) groups is 1. The smallest absolute Gasteiger partial charge is 0.341 e. The normalized spacial score (nSPS) is 9.89.